The summed E-state index contributed by atoms with van der Waals surface area (Å²) in [6.45, 7) is 6.45. The molecule has 90 valence electrons. The van der Waals surface area contributed by atoms with Gasteiger partial charge in [0.15, 0.2) is 0 Å². The molecule has 0 radical (unpaired) electrons. The molecule has 0 amide bonds. The molecule has 0 aliphatic rings. The summed E-state index contributed by atoms with van der Waals surface area (Å²) in [4.78, 5) is 0. The lowest BCUT2D eigenvalue weighted by Gasteiger charge is -2.25. The molecule has 2 heteroatoms. The second-order valence-corrected chi connectivity index (χ2v) is 4.22. The van der Waals surface area contributed by atoms with E-state index in [9.17, 15) is 5.11 Å². The molecule has 0 aliphatic heterocycles. The molecular weight excluding hydrogens is 200 g/mol. The van der Waals surface area contributed by atoms with Gasteiger partial charge in [0.1, 0.15) is 12.4 Å². The van der Waals surface area contributed by atoms with Crippen molar-refractivity contribution in [2.24, 2.45) is 0 Å². The fourth-order valence-electron chi connectivity index (χ4n) is 1.53. The van der Waals surface area contributed by atoms with Gasteiger partial charge in [0.05, 0.1) is 5.60 Å². The van der Waals surface area contributed by atoms with E-state index in [1.165, 1.54) is 5.56 Å². The fourth-order valence-corrected chi connectivity index (χ4v) is 1.53. The molecule has 1 aromatic carbocycles. The lowest BCUT2D eigenvalue weighted by Crippen LogP contribution is -2.34. The Kier molecular flexibility index (Phi) is 4.81. The average Bonchev–Trinajstić information content (AvgIpc) is 2.36. The average molecular weight is 222 g/mol. The molecular formula is C14H22O2. The summed E-state index contributed by atoms with van der Waals surface area (Å²) in [5.74, 6) is 0.847. The minimum absolute atomic E-state index is 0.368. The third-order valence-corrected chi connectivity index (χ3v) is 3.13. The molecule has 0 saturated heterocycles. The number of rotatable bonds is 6. The molecule has 0 saturated carbocycles. The van der Waals surface area contributed by atoms with Crippen LogP contribution in [0.15, 0.2) is 24.3 Å². The summed E-state index contributed by atoms with van der Waals surface area (Å²) >= 11 is 0. The molecule has 0 heterocycles. The van der Waals surface area contributed by atoms with E-state index < -0.39 is 5.60 Å². The Morgan fingerprint density at radius 3 is 2.44 bits per heavy atom. The number of ether oxygens (including phenoxy) is 1. The smallest absolute Gasteiger partial charge is 0.119 e. The molecule has 0 unspecified atom stereocenters. The Labute approximate surface area is 98.3 Å². The molecule has 1 N–H and O–H groups in total. The van der Waals surface area contributed by atoms with E-state index in [1.54, 1.807) is 0 Å². The topological polar surface area (TPSA) is 29.5 Å². The normalized spacial score (nSPS) is 11.5. The standard InChI is InChI=1S/C14H22O2/c1-4-12-8-7-9-13(10-12)16-11-14(15,5-2)6-3/h7-10,15H,4-6,11H2,1-3H3. The maximum atomic E-state index is 10.1. The molecule has 2 nitrogen and oxygen atoms in total. The monoisotopic (exact) mass is 222 g/mol. The molecule has 1 rings (SSSR count). The maximum absolute atomic E-state index is 10.1. The number of benzene rings is 1. The molecule has 0 spiro atoms. The molecule has 16 heavy (non-hydrogen) atoms. The van der Waals surface area contributed by atoms with Crippen LogP contribution in [0.2, 0.25) is 0 Å². The van der Waals surface area contributed by atoms with Crippen LogP contribution in [0.25, 0.3) is 0 Å². The van der Waals surface area contributed by atoms with Crippen molar-refractivity contribution in [2.75, 3.05) is 6.61 Å². The van der Waals surface area contributed by atoms with Crippen molar-refractivity contribution in [1.82, 2.24) is 0 Å². The van der Waals surface area contributed by atoms with Crippen LogP contribution in [-0.4, -0.2) is 17.3 Å². The highest BCUT2D eigenvalue weighted by molar-refractivity contribution is 5.28. The van der Waals surface area contributed by atoms with Crippen LogP contribution in [0.3, 0.4) is 0 Å². The van der Waals surface area contributed by atoms with E-state index in [0.717, 1.165) is 25.0 Å². The Hall–Kier alpha value is -1.02. The van der Waals surface area contributed by atoms with Crippen LogP contribution >= 0.6 is 0 Å². The molecule has 0 aromatic heterocycles. The van der Waals surface area contributed by atoms with Crippen LogP contribution in [0.5, 0.6) is 5.75 Å². The van der Waals surface area contributed by atoms with Gasteiger partial charge in [-0.15, -0.1) is 0 Å². The number of aryl methyl sites for hydroxylation is 1. The van der Waals surface area contributed by atoms with Crippen LogP contribution in [0, 0.1) is 0 Å². The molecule has 1 aromatic rings. The highest BCUT2D eigenvalue weighted by Gasteiger charge is 2.22. The largest absolute Gasteiger partial charge is 0.491 e. The SMILES string of the molecule is CCc1cccc(OCC(O)(CC)CC)c1. The minimum atomic E-state index is -0.692. The Bertz CT molecular complexity index is 316. The number of hydrogen-bond acceptors (Lipinski definition) is 2. The van der Waals surface area contributed by atoms with Crippen molar-refractivity contribution in [3.63, 3.8) is 0 Å². The second-order valence-electron chi connectivity index (χ2n) is 4.22. The van der Waals surface area contributed by atoms with Gasteiger partial charge in [-0.05, 0) is 37.0 Å². The van der Waals surface area contributed by atoms with E-state index >= 15 is 0 Å². The lowest BCUT2D eigenvalue weighted by molar-refractivity contribution is -0.0113. The van der Waals surface area contributed by atoms with Crippen LogP contribution in [0.1, 0.15) is 39.2 Å². The van der Waals surface area contributed by atoms with E-state index in [2.05, 4.69) is 13.0 Å². The third-order valence-electron chi connectivity index (χ3n) is 3.13. The first-order valence-electron chi connectivity index (χ1n) is 6.07. The molecule has 0 fully saturated rings. The first-order valence-corrected chi connectivity index (χ1v) is 6.07. The fraction of sp³-hybridized carbons (Fsp3) is 0.571. The van der Waals surface area contributed by atoms with Gasteiger partial charge in [-0.3, -0.25) is 0 Å². The van der Waals surface area contributed by atoms with Gasteiger partial charge < -0.3 is 9.84 Å². The predicted octanol–water partition coefficient (Wildman–Crippen LogP) is 3.18. The molecule has 0 atom stereocenters. The zero-order valence-corrected chi connectivity index (χ0v) is 10.5. The van der Waals surface area contributed by atoms with Gasteiger partial charge in [-0.1, -0.05) is 32.9 Å². The van der Waals surface area contributed by atoms with Crippen molar-refractivity contribution < 1.29 is 9.84 Å². The molecule has 0 aliphatic carbocycles. The van der Waals surface area contributed by atoms with Gasteiger partial charge in [0, 0.05) is 0 Å². The van der Waals surface area contributed by atoms with Gasteiger partial charge in [-0.25, -0.2) is 0 Å². The van der Waals surface area contributed by atoms with Crippen molar-refractivity contribution in [3.8, 4) is 5.75 Å². The first-order chi connectivity index (χ1) is 7.63. The van der Waals surface area contributed by atoms with Crippen LogP contribution in [0.4, 0.5) is 0 Å². The summed E-state index contributed by atoms with van der Waals surface area (Å²) in [6, 6.07) is 8.04. The van der Waals surface area contributed by atoms with E-state index in [-0.39, 0.29) is 0 Å². The highest BCUT2D eigenvalue weighted by atomic mass is 16.5. The Morgan fingerprint density at radius 2 is 1.88 bits per heavy atom. The van der Waals surface area contributed by atoms with E-state index in [0.29, 0.717) is 6.61 Å². The van der Waals surface area contributed by atoms with Crippen molar-refractivity contribution in [1.29, 1.82) is 0 Å². The van der Waals surface area contributed by atoms with E-state index in [1.807, 2.05) is 32.0 Å². The number of aliphatic hydroxyl groups is 1. The van der Waals surface area contributed by atoms with Gasteiger partial charge in [-0.2, -0.15) is 0 Å². The van der Waals surface area contributed by atoms with Crippen molar-refractivity contribution in [3.05, 3.63) is 29.8 Å². The summed E-state index contributed by atoms with van der Waals surface area (Å²) in [6.07, 6.45) is 2.44. The number of hydrogen-bond donors (Lipinski definition) is 1. The summed E-state index contributed by atoms with van der Waals surface area (Å²) in [7, 11) is 0. The van der Waals surface area contributed by atoms with Crippen LogP contribution < -0.4 is 4.74 Å². The summed E-state index contributed by atoms with van der Waals surface area (Å²) in [5, 5.41) is 10.1. The Morgan fingerprint density at radius 1 is 1.19 bits per heavy atom. The van der Waals surface area contributed by atoms with Gasteiger partial charge >= 0.3 is 0 Å². The zero-order chi connectivity index (χ0) is 12.0. The predicted molar refractivity (Wildman–Crippen MR) is 66.8 cm³/mol. The van der Waals surface area contributed by atoms with Crippen LogP contribution in [-0.2, 0) is 6.42 Å². The maximum Gasteiger partial charge on any atom is 0.119 e. The van der Waals surface area contributed by atoms with Crippen molar-refractivity contribution >= 4 is 0 Å². The van der Waals surface area contributed by atoms with Gasteiger partial charge in [0.2, 0.25) is 0 Å². The first kappa shape index (κ1) is 13.0. The van der Waals surface area contributed by atoms with Crippen molar-refractivity contribution in [2.45, 2.75) is 45.6 Å². The zero-order valence-electron chi connectivity index (χ0n) is 10.5. The minimum Gasteiger partial charge on any atom is -0.491 e. The van der Waals surface area contributed by atoms with Gasteiger partial charge in [0.25, 0.3) is 0 Å². The van der Waals surface area contributed by atoms with E-state index in [4.69, 9.17) is 4.74 Å². The lowest BCUT2D eigenvalue weighted by atomic mass is 9.99. The quantitative estimate of drug-likeness (QED) is 0.801. The summed E-state index contributed by atoms with van der Waals surface area (Å²) < 4.78 is 5.65. The summed E-state index contributed by atoms with van der Waals surface area (Å²) in [5.41, 5.74) is 0.566. The second kappa shape index (κ2) is 5.90. The Balaban J connectivity index is 2.60. The molecule has 0 bridgehead atoms. The third kappa shape index (κ3) is 3.53. The highest BCUT2D eigenvalue weighted by Crippen LogP contribution is 2.19.